The first kappa shape index (κ1) is 15.2. The molecule has 118 valence electrons. The van der Waals surface area contributed by atoms with Crippen LogP contribution in [0, 0.1) is 10.1 Å². The summed E-state index contributed by atoms with van der Waals surface area (Å²) in [4.78, 5) is 24.5. The van der Waals surface area contributed by atoms with Gasteiger partial charge in [0.15, 0.2) is 0 Å². The minimum atomic E-state index is -0.388. The van der Waals surface area contributed by atoms with Crippen molar-refractivity contribution in [2.45, 2.75) is 25.8 Å². The lowest BCUT2D eigenvalue weighted by atomic mass is 9.89. The van der Waals surface area contributed by atoms with Gasteiger partial charge in [0.25, 0.3) is 5.69 Å². The lowest BCUT2D eigenvalue weighted by Gasteiger charge is -2.38. The van der Waals surface area contributed by atoms with E-state index in [0.717, 1.165) is 24.2 Å². The quantitative estimate of drug-likeness (QED) is 0.638. The van der Waals surface area contributed by atoms with Crippen LogP contribution in [-0.4, -0.2) is 17.3 Å². The molecule has 0 radical (unpaired) electrons. The Morgan fingerprint density at radius 3 is 2.78 bits per heavy atom. The lowest BCUT2D eigenvalue weighted by Crippen LogP contribution is -2.36. The minimum Gasteiger partial charge on any atom is -0.363 e. The molecule has 2 aromatic rings. The van der Waals surface area contributed by atoms with Crippen molar-refractivity contribution in [1.29, 1.82) is 0 Å². The Balaban J connectivity index is 2.02. The largest absolute Gasteiger partial charge is 0.363 e. The number of carbonyl (C=O) groups is 1. The van der Waals surface area contributed by atoms with Gasteiger partial charge in [0.05, 0.1) is 11.0 Å². The van der Waals surface area contributed by atoms with Gasteiger partial charge in [0.2, 0.25) is 0 Å². The first-order valence-electron chi connectivity index (χ1n) is 7.64. The molecular formula is C18H18N2O3. The second-order valence-corrected chi connectivity index (χ2v) is 5.84. The highest BCUT2D eigenvalue weighted by Gasteiger charge is 2.29. The number of Topliss-reactive ketones (excluding diaryl/α,β-unsaturated/α-hetero) is 1. The summed E-state index contributed by atoms with van der Waals surface area (Å²) in [6.07, 6.45) is 1.27. The van der Waals surface area contributed by atoms with Crippen LogP contribution in [0.2, 0.25) is 0 Å². The highest BCUT2D eigenvalue weighted by atomic mass is 16.6. The van der Waals surface area contributed by atoms with E-state index in [0.29, 0.717) is 6.42 Å². The number of nitrogens with zero attached hydrogens (tertiary/aromatic N) is 2. The van der Waals surface area contributed by atoms with Gasteiger partial charge < -0.3 is 4.90 Å². The molecule has 0 bridgehead atoms. The predicted octanol–water partition coefficient (Wildman–Crippen LogP) is 3.68. The zero-order chi connectivity index (χ0) is 16.4. The Kier molecular flexibility index (Phi) is 4.10. The van der Waals surface area contributed by atoms with E-state index in [9.17, 15) is 14.9 Å². The monoisotopic (exact) mass is 310 g/mol. The maximum absolute atomic E-state index is 11.7. The summed E-state index contributed by atoms with van der Waals surface area (Å²) >= 11 is 0. The summed E-state index contributed by atoms with van der Waals surface area (Å²) in [5, 5.41) is 11.0. The molecule has 1 atom stereocenters. The number of nitro groups is 1. The number of nitro benzene ring substituents is 1. The molecule has 3 rings (SSSR count). The lowest BCUT2D eigenvalue weighted by molar-refractivity contribution is -0.384. The number of rotatable bonds is 4. The zero-order valence-electron chi connectivity index (χ0n) is 12.9. The Bertz CT molecular complexity index is 757. The minimum absolute atomic E-state index is 0.0699. The molecular weight excluding hydrogens is 292 g/mol. The molecule has 0 aromatic heterocycles. The molecule has 0 saturated heterocycles. The number of hydrogen-bond donors (Lipinski definition) is 0. The SMILES string of the molecule is CC(=O)CC1c2ccccc2CCN1c1cccc([N+](=O)[O-])c1. The molecule has 1 unspecified atom stereocenters. The number of carbonyl (C=O) groups excluding carboxylic acids is 1. The molecule has 1 aliphatic rings. The molecule has 0 saturated carbocycles. The average molecular weight is 310 g/mol. The molecule has 0 aliphatic carbocycles. The standard InChI is InChI=1S/C18H18N2O3/c1-13(21)11-18-17-8-3-2-5-14(17)9-10-19(18)15-6-4-7-16(12-15)20(22)23/h2-8,12,18H,9-11H2,1H3. The Hall–Kier alpha value is -2.69. The molecule has 2 aromatic carbocycles. The molecule has 0 N–H and O–H groups in total. The van der Waals surface area contributed by atoms with Crippen LogP contribution in [0.4, 0.5) is 11.4 Å². The Labute approximate surface area is 134 Å². The van der Waals surface area contributed by atoms with Gasteiger partial charge in [-0.2, -0.15) is 0 Å². The summed E-state index contributed by atoms with van der Waals surface area (Å²) in [5.41, 5.74) is 3.25. The maximum Gasteiger partial charge on any atom is 0.271 e. The summed E-state index contributed by atoms with van der Waals surface area (Å²) in [5.74, 6) is 0.113. The highest BCUT2D eigenvalue weighted by molar-refractivity contribution is 5.77. The smallest absolute Gasteiger partial charge is 0.271 e. The Morgan fingerprint density at radius 2 is 2.04 bits per heavy atom. The maximum atomic E-state index is 11.7. The number of anilines is 1. The van der Waals surface area contributed by atoms with Crippen molar-refractivity contribution < 1.29 is 9.72 Å². The summed E-state index contributed by atoms with van der Waals surface area (Å²) in [6.45, 7) is 2.33. The van der Waals surface area contributed by atoms with Crippen LogP contribution in [0.15, 0.2) is 48.5 Å². The summed E-state index contributed by atoms with van der Waals surface area (Å²) < 4.78 is 0. The molecule has 5 heteroatoms. The molecule has 0 fully saturated rings. The fraction of sp³-hybridized carbons (Fsp3) is 0.278. The van der Waals surface area contributed by atoms with Gasteiger partial charge in [-0.05, 0) is 30.5 Å². The number of ketones is 1. The highest BCUT2D eigenvalue weighted by Crippen LogP contribution is 2.36. The fourth-order valence-corrected chi connectivity index (χ4v) is 3.24. The van der Waals surface area contributed by atoms with Crippen molar-refractivity contribution in [2.24, 2.45) is 0 Å². The van der Waals surface area contributed by atoms with Crippen LogP contribution >= 0.6 is 0 Å². The average Bonchev–Trinajstić information content (AvgIpc) is 2.55. The topological polar surface area (TPSA) is 63.5 Å². The van der Waals surface area contributed by atoms with Gasteiger partial charge in [-0.3, -0.25) is 14.9 Å². The van der Waals surface area contributed by atoms with E-state index in [1.54, 1.807) is 19.1 Å². The third-order valence-electron chi connectivity index (χ3n) is 4.27. The number of non-ortho nitro benzene ring substituents is 1. The number of benzene rings is 2. The van der Waals surface area contributed by atoms with Crippen molar-refractivity contribution >= 4 is 17.2 Å². The van der Waals surface area contributed by atoms with Crippen LogP contribution in [0.3, 0.4) is 0 Å². The van der Waals surface area contributed by atoms with E-state index in [4.69, 9.17) is 0 Å². The third kappa shape index (κ3) is 3.08. The van der Waals surface area contributed by atoms with Crippen molar-refractivity contribution in [3.05, 3.63) is 69.8 Å². The Morgan fingerprint density at radius 1 is 1.26 bits per heavy atom. The summed E-state index contributed by atoms with van der Waals surface area (Å²) in [7, 11) is 0. The van der Waals surface area contributed by atoms with Crippen LogP contribution in [-0.2, 0) is 11.2 Å². The molecule has 5 nitrogen and oxygen atoms in total. The van der Waals surface area contributed by atoms with E-state index in [2.05, 4.69) is 11.0 Å². The van der Waals surface area contributed by atoms with Gasteiger partial charge in [-0.1, -0.05) is 30.3 Å². The van der Waals surface area contributed by atoms with E-state index in [1.807, 2.05) is 24.3 Å². The van der Waals surface area contributed by atoms with Gasteiger partial charge in [-0.25, -0.2) is 0 Å². The van der Waals surface area contributed by atoms with Gasteiger partial charge in [0, 0.05) is 30.8 Å². The van der Waals surface area contributed by atoms with Crippen LogP contribution in [0.1, 0.15) is 30.5 Å². The van der Waals surface area contributed by atoms with E-state index in [1.165, 1.54) is 11.6 Å². The van der Waals surface area contributed by atoms with Crippen LogP contribution in [0.5, 0.6) is 0 Å². The second-order valence-electron chi connectivity index (χ2n) is 5.84. The van der Waals surface area contributed by atoms with E-state index in [-0.39, 0.29) is 22.4 Å². The van der Waals surface area contributed by atoms with Crippen molar-refractivity contribution in [2.75, 3.05) is 11.4 Å². The normalized spacial score (nSPS) is 16.7. The van der Waals surface area contributed by atoms with Crippen molar-refractivity contribution in [3.8, 4) is 0 Å². The fourth-order valence-electron chi connectivity index (χ4n) is 3.24. The van der Waals surface area contributed by atoms with Crippen LogP contribution in [0.25, 0.3) is 0 Å². The molecule has 0 amide bonds. The second kappa shape index (κ2) is 6.20. The molecule has 0 spiro atoms. The molecule has 23 heavy (non-hydrogen) atoms. The van der Waals surface area contributed by atoms with Crippen LogP contribution < -0.4 is 4.90 Å². The molecule has 1 aliphatic heterocycles. The predicted molar refractivity (Wildman–Crippen MR) is 88.6 cm³/mol. The summed E-state index contributed by atoms with van der Waals surface area (Å²) in [6, 6.07) is 14.7. The van der Waals surface area contributed by atoms with Crippen molar-refractivity contribution in [3.63, 3.8) is 0 Å². The zero-order valence-corrected chi connectivity index (χ0v) is 12.9. The third-order valence-corrected chi connectivity index (χ3v) is 4.27. The number of fused-ring (bicyclic) bond motifs is 1. The van der Waals surface area contributed by atoms with E-state index >= 15 is 0 Å². The van der Waals surface area contributed by atoms with Gasteiger partial charge >= 0.3 is 0 Å². The van der Waals surface area contributed by atoms with E-state index < -0.39 is 0 Å². The van der Waals surface area contributed by atoms with Crippen molar-refractivity contribution in [1.82, 2.24) is 0 Å². The number of hydrogen-bond acceptors (Lipinski definition) is 4. The van der Waals surface area contributed by atoms with Gasteiger partial charge in [0.1, 0.15) is 5.78 Å². The van der Waals surface area contributed by atoms with Gasteiger partial charge in [-0.15, -0.1) is 0 Å². The first-order chi connectivity index (χ1) is 11.1. The molecule has 1 heterocycles. The first-order valence-corrected chi connectivity index (χ1v) is 7.64.